The zero-order chi connectivity index (χ0) is 21.5. The summed E-state index contributed by atoms with van der Waals surface area (Å²) in [4.78, 5) is 26.4. The lowest BCUT2D eigenvalue weighted by Gasteiger charge is -2.16. The highest BCUT2D eigenvalue weighted by Crippen LogP contribution is 2.25. The highest BCUT2D eigenvalue weighted by atomic mass is 16.5. The number of amides is 1. The van der Waals surface area contributed by atoms with Crippen molar-refractivity contribution in [3.8, 4) is 0 Å². The lowest BCUT2D eigenvalue weighted by Crippen LogP contribution is -2.31. The number of benzene rings is 2. The van der Waals surface area contributed by atoms with Crippen molar-refractivity contribution in [2.75, 3.05) is 37.5 Å². The molecule has 1 aliphatic rings. The average Bonchev–Trinajstić information content (AvgIpc) is 3.08. The Morgan fingerprint density at radius 1 is 1.17 bits per heavy atom. The fraction of sp³-hybridized carbons (Fsp3) is 0.227. The van der Waals surface area contributed by atoms with Crippen LogP contribution in [0.1, 0.15) is 12.5 Å². The van der Waals surface area contributed by atoms with Crippen molar-refractivity contribution in [2.24, 2.45) is 5.10 Å². The quantitative estimate of drug-likeness (QED) is 0.352. The van der Waals surface area contributed by atoms with E-state index in [1.54, 1.807) is 6.07 Å². The minimum atomic E-state index is -0.583. The predicted octanol–water partition coefficient (Wildman–Crippen LogP) is 2.20. The van der Waals surface area contributed by atoms with E-state index < -0.39 is 5.97 Å². The molecule has 0 atom stereocenters. The highest BCUT2D eigenvalue weighted by Gasteiger charge is 2.34. The number of para-hydroxylation sites is 2. The molecule has 0 bridgehead atoms. The smallest absolute Gasteiger partial charge is 0.337 e. The third kappa shape index (κ3) is 4.66. The molecule has 1 aliphatic heterocycles. The topological polar surface area (TPSA) is 103 Å². The van der Waals surface area contributed by atoms with Gasteiger partial charge in [0, 0.05) is 17.8 Å². The number of ether oxygens (including phenoxy) is 1. The molecule has 0 aromatic heterocycles. The van der Waals surface area contributed by atoms with Gasteiger partial charge in [-0.15, -0.1) is 0 Å². The molecule has 0 aliphatic carbocycles. The van der Waals surface area contributed by atoms with E-state index in [-0.39, 0.29) is 36.9 Å². The van der Waals surface area contributed by atoms with Crippen molar-refractivity contribution in [1.29, 1.82) is 0 Å². The number of nitrogens with one attached hydrogen (secondary N) is 2. The molecule has 2 aromatic rings. The van der Waals surface area contributed by atoms with Gasteiger partial charge in [-0.05, 0) is 25.1 Å². The number of aliphatic hydroxyl groups is 1. The maximum absolute atomic E-state index is 12.8. The Bertz CT molecular complexity index is 986. The van der Waals surface area contributed by atoms with E-state index in [0.717, 1.165) is 11.3 Å². The molecular weight excluding hydrogens is 384 g/mol. The first kappa shape index (κ1) is 21.1. The Labute approximate surface area is 174 Å². The van der Waals surface area contributed by atoms with E-state index in [4.69, 9.17) is 4.74 Å². The summed E-state index contributed by atoms with van der Waals surface area (Å²) < 4.78 is 4.83. The Balaban J connectivity index is 1.89. The molecule has 3 rings (SSSR count). The monoisotopic (exact) mass is 408 g/mol. The van der Waals surface area contributed by atoms with Gasteiger partial charge < -0.3 is 20.1 Å². The molecule has 2 aromatic carbocycles. The number of methoxy groups -OCH3 is 1. The van der Waals surface area contributed by atoms with Gasteiger partial charge in [0.2, 0.25) is 0 Å². The number of β-amino-alcohol motifs (C(OH)–C–C–N with tert-alkyl or cyclic N) is 1. The molecule has 0 saturated carbocycles. The van der Waals surface area contributed by atoms with Crippen molar-refractivity contribution in [1.82, 2.24) is 4.90 Å². The number of aliphatic hydroxyl groups excluding tert-OH is 1. The number of hydrogen-bond acceptors (Lipinski definition) is 7. The third-order valence-corrected chi connectivity index (χ3v) is 4.66. The molecule has 156 valence electrons. The Kier molecular flexibility index (Phi) is 6.82. The SMILES string of the molecule is COC(=O)C1=C(Nc2ccccc2C(C)=NNc2ccccc2)C(=O)N(CCO)C1. The highest BCUT2D eigenvalue weighted by molar-refractivity contribution is 6.10. The molecule has 1 heterocycles. The molecule has 0 spiro atoms. The van der Waals surface area contributed by atoms with Crippen LogP contribution in [0.5, 0.6) is 0 Å². The molecule has 1 amide bonds. The number of carbonyl (C=O) groups is 2. The van der Waals surface area contributed by atoms with Crippen molar-refractivity contribution < 1.29 is 19.4 Å². The van der Waals surface area contributed by atoms with Crippen LogP contribution < -0.4 is 10.7 Å². The van der Waals surface area contributed by atoms with Gasteiger partial charge in [0.05, 0.1) is 37.2 Å². The Morgan fingerprint density at radius 2 is 1.87 bits per heavy atom. The van der Waals surface area contributed by atoms with Gasteiger partial charge in [-0.25, -0.2) is 4.79 Å². The number of rotatable bonds is 8. The van der Waals surface area contributed by atoms with Crippen LogP contribution in [0.2, 0.25) is 0 Å². The fourth-order valence-corrected chi connectivity index (χ4v) is 3.11. The molecule has 3 N–H and O–H groups in total. The zero-order valence-corrected chi connectivity index (χ0v) is 16.9. The van der Waals surface area contributed by atoms with Gasteiger partial charge in [0.1, 0.15) is 5.70 Å². The summed E-state index contributed by atoms with van der Waals surface area (Å²) in [6.07, 6.45) is 0. The first-order valence-electron chi connectivity index (χ1n) is 9.48. The minimum Gasteiger partial charge on any atom is -0.466 e. The largest absolute Gasteiger partial charge is 0.466 e. The second kappa shape index (κ2) is 9.71. The number of anilines is 2. The van der Waals surface area contributed by atoms with Gasteiger partial charge in [0.15, 0.2) is 0 Å². The first-order valence-corrected chi connectivity index (χ1v) is 9.48. The van der Waals surface area contributed by atoms with Gasteiger partial charge in [0.25, 0.3) is 5.91 Å². The van der Waals surface area contributed by atoms with Crippen LogP contribution >= 0.6 is 0 Å². The van der Waals surface area contributed by atoms with Gasteiger partial charge in [-0.1, -0.05) is 36.4 Å². The maximum atomic E-state index is 12.8. The van der Waals surface area contributed by atoms with E-state index in [9.17, 15) is 14.7 Å². The van der Waals surface area contributed by atoms with Crippen LogP contribution in [0.4, 0.5) is 11.4 Å². The summed E-state index contributed by atoms with van der Waals surface area (Å²) in [6.45, 7) is 1.87. The van der Waals surface area contributed by atoms with E-state index >= 15 is 0 Å². The van der Waals surface area contributed by atoms with E-state index in [0.29, 0.717) is 11.4 Å². The van der Waals surface area contributed by atoms with Crippen LogP contribution in [-0.2, 0) is 14.3 Å². The standard InChI is InChI=1S/C22H24N4O4/c1-15(24-25-16-8-4-3-5-9-16)17-10-6-7-11-19(17)23-20-18(22(29)30-2)14-26(12-13-27)21(20)28/h3-11,23,25,27H,12-14H2,1-2H3. The average molecular weight is 408 g/mol. The lowest BCUT2D eigenvalue weighted by atomic mass is 10.1. The second-order valence-corrected chi connectivity index (χ2v) is 6.64. The van der Waals surface area contributed by atoms with Crippen molar-refractivity contribution in [3.05, 3.63) is 71.4 Å². The van der Waals surface area contributed by atoms with Gasteiger partial charge in [-0.3, -0.25) is 10.2 Å². The maximum Gasteiger partial charge on any atom is 0.337 e. The minimum absolute atomic E-state index is 0.0825. The summed E-state index contributed by atoms with van der Waals surface area (Å²) in [5.41, 5.74) is 6.32. The number of nitrogens with zero attached hydrogens (tertiary/aromatic N) is 2. The van der Waals surface area contributed by atoms with E-state index in [1.807, 2.05) is 55.5 Å². The van der Waals surface area contributed by atoms with Crippen LogP contribution in [0.15, 0.2) is 71.0 Å². The summed E-state index contributed by atoms with van der Waals surface area (Å²) in [5, 5.41) is 16.7. The van der Waals surface area contributed by atoms with Gasteiger partial charge >= 0.3 is 5.97 Å². The number of hydrogen-bond donors (Lipinski definition) is 3. The second-order valence-electron chi connectivity index (χ2n) is 6.64. The molecule has 0 unspecified atom stereocenters. The number of esters is 1. The Hall–Kier alpha value is -3.65. The van der Waals surface area contributed by atoms with Crippen molar-refractivity contribution in [2.45, 2.75) is 6.92 Å². The molecule has 8 nitrogen and oxygen atoms in total. The van der Waals surface area contributed by atoms with Crippen molar-refractivity contribution in [3.63, 3.8) is 0 Å². The summed E-state index contributed by atoms with van der Waals surface area (Å²) in [6, 6.07) is 16.9. The van der Waals surface area contributed by atoms with Crippen molar-refractivity contribution >= 4 is 29.0 Å². The van der Waals surface area contributed by atoms with Crippen LogP contribution in [-0.4, -0.2) is 54.4 Å². The number of hydrazone groups is 1. The summed E-state index contributed by atoms with van der Waals surface area (Å²) >= 11 is 0. The molecule has 8 heteroatoms. The van der Waals surface area contributed by atoms with Crippen LogP contribution in [0.25, 0.3) is 0 Å². The Morgan fingerprint density at radius 3 is 2.57 bits per heavy atom. The molecule has 0 radical (unpaired) electrons. The lowest BCUT2D eigenvalue weighted by molar-refractivity contribution is -0.136. The molecular formula is C22H24N4O4. The normalized spacial score (nSPS) is 14.2. The van der Waals surface area contributed by atoms with E-state index in [1.165, 1.54) is 12.0 Å². The first-order chi connectivity index (χ1) is 14.5. The summed E-state index contributed by atoms with van der Waals surface area (Å²) in [5.74, 6) is -0.948. The fourth-order valence-electron chi connectivity index (χ4n) is 3.11. The predicted molar refractivity (Wildman–Crippen MR) is 115 cm³/mol. The third-order valence-electron chi connectivity index (χ3n) is 4.66. The molecule has 0 saturated heterocycles. The van der Waals surface area contributed by atoms with Crippen LogP contribution in [0, 0.1) is 0 Å². The van der Waals surface area contributed by atoms with Gasteiger partial charge in [-0.2, -0.15) is 5.10 Å². The molecule has 30 heavy (non-hydrogen) atoms. The number of carbonyl (C=O) groups excluding carboxylic acids is 2. The van der Waals surface area contributed by atoms with Crippen LogP contribution in [0.3, 0.4) is 0 Å². The zero-order valence-electron chi connectivity index (χ0n) is 16.9. The van der Waals surface area contributed by atoms with E-state index in [2.05, 4.69) is 15.8 Å². The summed E-state index contributed by atoms with van der Waals surface area (Å²) in [7, 11) is 1.27. The molecule has 0 fully saturated rings.